The maximum atomic E-state index is 10.9. The van der Waals surface area contributed by atoms with Crippen molar-refractivity contribution >= 4 is 11.8 Å². The number of ether oxygens (including phenoxy) is 1. The number of H-pyrrole nitrogens is 2. The van der Waals surface area contributed by atoms with Crippen LogP contribution in [0.2, 0.25) is 0 Å². The van der Waals surface area contributed by atoms with E-state index in [1.54, 1.807) is 20.8 Å². The summed E-state index contributed by atoms with van der Waals surface area (Å²) >= 11 is 0. The van der Waals surface area contributed by atoms with E-state index in [-0.39, 0.29) is 5.56 Å². The van der Waals surface area contributed by atoms with Crippen LogP contribution >= 0.6 is 0 Å². The fraction of sp³-hybridized carbons (Fsp3) is 0.400. The highest BCUT2D eigenvalue weighted by atomic mass is 16.5. The van der Waals surface area contributed by atoms with Crippen LogP contribution in [-0.4, -0.2) is 28.6 Å². The molecule has 0 aliphatic heterocycles. The smallest absolute Gasteiger partial charge is 0.427 e. The number of hydrogen-bond donors (Lipinski definition) is 3. The molecular formula is C15H22N4O4. The normalized spacial score (nSPS) is 9.61. The highest BCUT2D eigenvalue weighted by Crippen LogP contribution is 2.23. The van der Waals surface area contributed by atoms with Crippen molar-refractivity contribution in [1.29, 1.82) is 0 Å². The Morgan fingerprint density at radius 3 is 2.43 bits per heavy atom. The third-order valence-electron chi connectivity index (χ3n) is 2.57. The SMILES string of the molecule is CCOC(=O)NN=C(C)C.Cc1cc(-c2cc(=O)[nH][nH]2)c(C)o1. The second-order valence-electron chi connectivity index (χ2n) is 4.89. The lowest BCUT2D eigenvalue weighted by Crippen LogP contribution is -2.19. The number of furan rings is 1. The standard InChI is InChI=1S/C9H10N2O2.C6H12N2O2/c1-5-3-7(6(2)13-5)8-4-9(12)11-10-8;1-4-10-6(9)8-7-5(2)3/h3-4H,1-2H3,(H2,10,11,12);4H2,1-3H3,(H,8,9). The van der Waals surface area contributed by atoms with E-state index in [1.807, 2.05) is 19.9 Å². The topological polar surface area (TPSA) is 112 Å². The van der Waals surface area contributed by atoms with Gasteiger partial charge in [0.05, 0.1) is 12.3 Å². The molecule has 0 saturated heterocycles. The number of hydrogen-bond acceptors (Lipinski definition) is 5. The molecular weight excluding hydrogens is 300 g/mol. The van der Waals surface area contributed by atoms with Gasteiger partial charge < -0.3 is 9.15 Å². The van der Waals surface area contributed by atoms with Crippen LogP contribution in [0.5, 0.6) is 0 Å². The van der Waals surface area contributed by atoms with Crippen LogP contribution in [0.25, 0.3) is 11.3 Å². The number of aromatic amines is 2. The van der Waals surface area contributed by atoms with Gasteiger partial charge in [0.25, 0.3) is 5.56 Å². The number of nitrogens with zero attached hydrogens (tertiary/aromatic N) is 1. The van der Waals surface area contributed by atoms with Crippen LogP contribution in [0, 0.1) is 13.8 Å². The lowest BCUT2D eigenvalue weighted by atomic mass is 10.2. The zero-order chi connectivity index (χ0) is 17.4. The zero-order valence-corrected chi connectivity index (χ0v) is 13.9. The molecule has 0 saturated carbocycles. The van der Waals surface area contributed by atoms with Crippen molar-refractivity contribution in [2.45, 2.75) is 34.6 Å². The Morgan fingerprint density at radius 1 is 1.30 bits per heavy atom. The van der Waals surface area contributed by atoms with Crippen LogP contribution in [0.15, 0.2) is 26.4 Å². The van der Waals surface area contributed by atoms with Gasteiger partial charge in [-0.05, 0) is 40.7 Å². The number of carbonyl (C=O) groups excluding carboxylic acids is 1. The molecule has 0 radical (unpaired) electrons. The Hall–Kier alpha value is -2.77. The molecule has 8 nitrogen and oxygen atoms in total. The van der Waals surface area contributed by atoms with Crippen LogP contribution in [0.3, 0.4) is 0 Å². The highest BCUT2D eigenvalue weighted by Gasteiger charge is 2.08. The van der Waals surface area contributed by atoms with Gasteiger partial charge in [0.2, 0.25) is 0 Å². The molecule has 2 aromatic heterocycles. The number of nitrogens with one attached hydrogen (secondary N) is 3. The van der Waals surface area contributed by atoms with E-state index in [9.17, 15) is 9.59 Å². The quantitative estimate of drug-likeness (QED) is 0.595. The maximum Gasteiger partial charge on any atom is 0.427 e. The van der Waals surface area contributed by atoms with E-state index in [2.05, 4.69) is 25.5 Å². The minimum absolute atomic E-state index is 0.131. The van der Waals surface area contributed by atoms with Gasteiger partial charge in [0.1, 0.15) is 11.5 Å². The van der Waals surface area contributed by atoms with E-state index >= 15 is 0 Å². The summed E-state index contributed by atoms with van der Waals surface area (Å²) in [4.78, 5) is 21.4. The van der Waals surface area contributed by atoms with Gasteiger partial charge in [-0.15, -0.1) is 0 Å². The van der Waals surface area contributed by atoms with Crippen LogP contribution < -0.4 is 11.0 Å². The summed E-state index contributed by atoms with van der Waals surface area (Å²) in [5.74, 6) is 1.65. The molecule has 8 heteroatoms. The van der Waals surface area contributed by atoms with E-state index in [4.69, 9.17) is 4.42 Å². The largest absolute Gasteiger partial charge is 0.466 e. The molecule has 0 spiro atoms. The van der Waals surface area contributed by atoms with E-state index < -0.39 is 6.09 Å². The van der Waals surface area contributed by atoms with Crippen molar-refractivity contribution in [2.75, 3.05) is 6.61 Å². The van der Waals surface area contributed by atoms with Crippen molar-refractivity contribution < 1.29 is 13.9 Å². The van der Waals surface area contributed by atoms with E-state index in [0.29, 0.717) is 6.61 Å². The number of aromatic nitrogens is 2. The number of carbonyl (C=O) groups is 1. The molecule has 2 rings (SSSR count). The average Bonchev–Trinajstić information content (AvgIpc) is 3.03. The summed E-state index contributed by atoms with van der Waals surface area (Å²) in [6, 6.07) is 3.41. The third-order valence-corrected chi connectivity index (χ3v) is 2.57. The summed E-state index contributed by atoms with van der Waals surface area (Å²) in [6.07, 6.45) is -0.510. The van der Waals surface area contributed by atoms with Gasteiger partial charge in [-0.25, -0.2) is 10.2 Å². The molecule has 126 valence electrons. The predicted molar refractivity (Wildman–Crippen MR) is 87.5 cm³/mol. The summed E-state index contributed by atoms with van der Waals surface area (Å²) in [6.45, 7) is 9.42. The third kappa shape index (κ3) is 6.25. The molecule has 23 heavy (non-hydrogen) atoms. The second-order valence-corrected chi connectivity index (χ2v) is 4.89. The first-order valence-electron chi connectivity index (χ1n) is 7.12. The molecule has 3 N–H and O–H groups in total. The number of amides is 1. The molecule has 0 aliphatic carbocycles. The van der Waals surface area contributed by atoms with E-state index in [0.717, 1.165) is 28.5 Å². The van der Waals surface area contributed by atoms with Crippen molar-refractivity contribution in [1.82, 2.24) is 15.6 Å². The second kappa shape index (κ2) is 8.62. The average molecular weight is 322 g/mol. The van der Waals surface area contributed by atoms with Crippen molar-refractivity contribution in [2.24, 2.45) is 5.10 Å². The van der Waals surface area contributed by atoms with Gasteiger partial charge in [-0.1, -0.05) is 0 Å². The monoisotopic (exact) mass is 322 g/mol. The highest BCUT2D eigenvalue weighted by molar-refractivity contribution is 5.80. The lowest BCUT2D eigenvalue weighted by Gasteiger charge is -1.98. The summed E-state index contributed by atoms with van der Waals surface area (Å²) in [5, 5.41) is 8.89. The Labute approximate surface area is 133 Å². The summed E-state index contributed by atoms with van der Waals surface area (Å²) in [5.41, 5.74) is 4.55. The van der Waals surface area contributed by atoms with Gasteiger partial charge in [0, 0.05) is 17.3 Å². The molecule has 0 atom stereocenters. The molecule has 1 amide bonds. The van der Waals surface area contributed by atoms with Gasteiger partial charge in [0.15, 0.2) is 0 Å². The Balaban J connectivity index is 0.000000241. The molecule has 0 aromatic carbocycles. The predicted octanol–water partition coefficient (Wildman–Crippen LogP) is 2.71. The van der Waals surface area contributed by atoms with Crippen LogP contribution in [-0.2, 0) is 4.74 Å². The zero-order valence-electron chi connectivity index (χ0n) is 13.9. The number of rotatable bonds is 3. The number of aryl methyl sites for hydroxylation is 2. The first-order valence-corrected chi connectivity index (χ1v) is 7.12. The lowest BCUT2D eigenvalue weighted by molar-refractivity contribution is 0.152. The fourth-order valence-corrected chi connectivity index (χ4v) is 1.70. The minimum atomic E-state index is -0.510. The molecule has 0 bridgehead atoms. The summed E-state index contributed by atoms with van der Waals surface area (Å²) < 4.78 is 9.88. The fourth-order valence-electron chi connectivity index (χ4n) is 1.70. The van der Waals surface area contributed by atoms with Crippen molar-refractivity contribution in [3.05, 3.63) is 34.0 Å². The molecule has 2 heterocycles. The molecule has 0 fully saturated rings. The summed E-state index contributed by atoms with van der Waals surface area (Å²) in [7, 11) is 0. The number of hydrazone groups is 1. The molecule has 2 aromatic rings. The van der Waals surface area contributed by atoms with Crippen LogP contribution in [0.1, 0.15) is 32.3 Å². The Bertz CT molecular complexity index is 720. The van der Waals surface area contributed by atoms with Crippen molar-refractivity contribution in [3.63, 3.8) is 0 Å². The Kier molecular flexibility index (Phi) is 6.85. The molecule has 0 unspecified atom stereocenters. The first-order chi connectivity index (χ1) is 10.8. The van der Waals surface area contributed by atoms with Gasteiger partial charge in [-0.2, -0.15) is 5.10 Å². The van der Waals surface area contributed by atoms with Gasteiger partial charge >= 0.3 is 6.09 Å². The van der Waals surface area contributed by atoms with Crippen LogP contribution in [0.4, 0.5) is 4.79 Å². The Morgan fingerprint density at radius 2 is 2.00 bits per heavy atom. The van der Waals surface area contributed by atoms with E-state index in [1.165, 1.54) is 6.07 Å². The molecule has 0 aliphatic rings. The van der Waals surface area contributed by atoms with Gasteiger partial charge in [-0.3, -0.25) is 15.0 Å². The maximum absolute atomic E-state index is 10.9. The minimum Gasteiger partial charge on any atom is -0.466 e. The first kappa shape index (κ1) is 18.3. The van der Waals surface area contributed by atoms with Crippen molar-refractivity contribution in [3.8, 4) is 11.3 Å².